The number of β-amino-alcohol motifs (C(OH)–C–C–N with tert-alkyl or cyclic N) is 1. The van der Waals surface area contributed by atoms with E-state index in [9.17, 15) is 50.4 Å². The molecule has 0 spiro atoms. The quantitative estimate of drug-likeness (QED) is 0.0732. The molecule has 1 saturated carbocycles. The molecule has 4 aliphatic rings. The Bertz CT molecular complexity index is 1220. The Morgan fingerprint density at radius 3 is 2.42 bits per heavy atom. The number of carboxylic acids is 1. The van der Waals surface area contributed by atoms with E-state index in [2.05, 4.69) is 6.58 Å². The fourth-order valence-corrected chi connectivity index (χ4v) is 5.75. The van der Waals surface area contributed by atoms with Gasteiger partial charge in [-0.15, -0.1) is 6.58 Å². The number of esters is 1. The van der Waals surface area contributed by atoms with Gasteiger partial charge in [-0.3, -0.25) is 0 Å². The molecule has 0 aromatic carbocycles. The largest absolute Gasteiger partial charge is 0.478 e. The number of carbonyl (C=O) groups is 2. The summed E-state index contributed by atoms with van der Waals surface area (Å²) < 4.78 is 22.4. The molecule has 45 heavy (non-hydrogen) atoms. The highest BCUT2D eigenvalue weighted by Gasteiger charge is 2.57. The fraction of sp³-hybridized carbons (Fsp3) is 0.600. The molecule has 0 aromatic heterocycles. The van der Waals surface area contributed by atoms with Crippen LogP contribution >= 0.6 is 0 Å². The van der Waals surface area contributed by atoms with Gasteiger partial charge in [-0.2, -0.15) is 0 Å². The molecule has 0 unspecified atom stereocenters. The van der Waals surface area contributed by atoms with Gasteiger partial charge in [0.2, 0.25) is 12.1 Å². The van der Waals surface area contributed by atoms with E-state index >= 15 is 0 Å². The maximum Gasteiger partial charge on any atom is 0.340 e. The molecule has 0 bridgehead atoms. The third-order valence-corrected chi connectivity index (χ3v) is 8.32. The van der Waals surface area contributed by atoms with Gasteiger partial charge in [0.15, 0.2) is 12.4 Å². The fourth-order valence-electron chi connectivity index (χ4n) is 5.75. The van der Waals surface area contributed by atoms with Gasteiger partial charge in [0.1, 0.15) is 35.7 Å². The smallest absolute Gasteiger partial charge is 0.340 e. The third kappa shape index (κ3) is 7.48. The second kappa shape index (κ2) is 14.5. The molecule has 15 nitrogen and oxygen atoms in total. The minimum atomic E-state index is -3.15. The lowest BCUT2D eigenvalue weighted by atomic mass is 9.78. The Balaban J connectivity index is 1.68. The number of rotatable bonds is 11. The Kier molecular flexibility index (Phi) is 11.2. The molecule has 3 heterocycles. The van der Waals surface area contributed by atoms with Crippen LogP contribution in [0.25, 0.3) is 0 Å². The summed E-state index contributed by atoms with van der Waals surface area (Å²) in [6, 6.07) is 0. The standard InChI is InChI=1S/C30H41NO14/c1-2-20-27(45-28-24(35)30(40,41)23(34)22(15-33)44-28)42-16-21(26(38)43-19-6-4-3-5-7-19)29(20,39)9-8-17-12-18(25(36)37)14-31(13-17)10-11-32/h2,8-9,12,14,16,19-20,22-24,27-28,32-35,39-41H,1,3-7,10-11,13,15H2,(H,36,37)/b9-8+/t20-,22+,23+,24-,27-,28-,29+/m0/s1. The number of aliphatic carboxylic acids is 1. The van der Waals surface area contributed by atoms with Crippen LogP contribution < -0.4 is 0 Å². The molecular formula is C30H41NO14. The van der Waals surface area contributed by atoms with Crippen molar-refractivity contribution in [3.63, 3.8) is 0 Å². The Labute approximate surface area is 259 Å². The van der Waals surface area contributed by atoms with E-state index in [-0.39, 0.29) is 36.9 Å². The molecule has 1 aliphatic carbocycles. The summed E-state index contributed by atoms with van der Waals surface area (Å²) in [7, 11) is 0. The summed E-state index contributed by atoms with van der Waals surface area (Å²) in [5, 5.41) is 81.8. The third-order valence-electron chi connectivity index (χ3n) is 8.32. The first-order valence-corrected chi connectivity index (χ1v) is 14.7. The van der Waals surface area contributed by atoms with Crippen molar-refractivity contribution in [2.45, 2.75) is 80.5 Å². The van der Waals surface area contributed by atoms with Crippen molar-refractivity contribution in [3.05, 3.63) is 60.1 Å². The monoisotopic (exact) mass is 639 g/mol. The average molecular weight is 640 g/mol. The predicted molar refractivity (Wildman–Crippen MR) is 152 cm³/mol. The van der Waals surface area contributed by atoms with Gasteiger partial charge >= 0.3 is 11.9 Å². The van der Waals surface area contributed by atoms with Gasteiger partial charge in [0.05, 0.1) is 24.7 Å². The number of hydrogen-bond acceptors (Lipinski definition) is 14. The number of carbonyl (C=O) groups excluding carboxylic acids is 1. The van der Waals surface area contributed by atoms with E-state index in [1.807, 2.05) is 0 Å². The molecule has 0 radical (unpaired) electrons. The van der Waals surface area contributed by atoms with Gasteiger partial charge in [-0.05, 0) is 43.4 Å². The van der Waals surface area contributed by atoms with Crippen molar-refractivity contribution in [1.29, 1.82) is 0 Å². The van der Waals surface area contributed by atoms with Gasteiger partial charge in [0, 0.05) is 19.3 Å². The van der Waals surface area contributed by atoms with Crippen molar-refractivity contribution >= 4 is 11.9 Å². The van der Waals surface area contributed by atoms with Gasteiger partial charge < -0.3 is 64.7 Å². The highest BCUT2D eigenvalue weighted by Crippen LogP contribution is 2.41. The number of nitrogens with zero attached hydrogens (tertiary/aromatic N) is 1. The van der Waals surface area contributed by atoms with Crippen LogP contribution in [0.15, 0.2) is 60.1 Å². The summed E-state index contributed by atoms with van der Waals surface area (Å²) in [4.78, 5) is 26.7. The first-order chi connectivity index (χ1) is 21.3. The molecular weight excluding hydrogens is 598 g/mol. The van der Waals surface area contributed by atoms with E-state index in [0.717, 1.165) is 25.5 Å². The maximum absolute atomic E-state index is 13.5. The summed E-state index contributed by atoms with van der Waals surface area (Å²) in [6.45, 7) is 2.92. The lowest BCUT2D eigenvalue weighted by molar-refractivity contribution is -0.405. The van der Waals surface area contributed by atoms with Gasteiger partial charge in [0.25, 0.3) is 0 Å². The van der Waals surface area contributed by atoms with Crippen molar-refractivity contribution in [2.75, 3.05) is 26.3 Å². The van der Waals surface area contributed by atoms with E-state index in [1.54, 1.807) is 4.90 Å². The number of hydrogen-bond donors (Lipinski definition) is 8. The van der Waals surface area contributed by atoms with Crippen molar-refractivity contribution in [3.8, 4) is 0 Å². The summed E-state index contributed by atoms with van der Waals surface area (Å²) in [6.07, 6.45) is 1.68. The molecule has 1 saturated heterocycles. The zero-order valence-corrected chi connectivity index (χ0v) is 24.6. The molecule has 0 amide bonds. The summed E-state index contributed by atoms with van der Waals surface area (Å²) in [5.41, 5.74) is -2.28. The van der Waals surface area contributed by atoms with Crippen LogP contribution in [0.2, 0.25) is 0 Å². The molecule has 4 rings (SSSR count). The van der Waals surface area contributed by atoms with Crippen LogP contribution in [-0.4, -0.2) is 132 Å². The Morgan fingerprint density at radius 2 is 1.80 bits per heavy atom. The minimum absolute atomic E-state index is 0.0807. The molecule has 0 aromatic rings. The van der Waals surface area contributed by atoms with E-state index in [0.29, 0.717) is 18.4 Å². The highest BCUT2D eigenvalue weighted by molar-refractivity contribution is 5.92. The van der Waals surface area contributed by atoms with E-state index in [4.69, 9.17) is 18.9 Å². The number of aliphatic hydroxyl groups is 7. The van der Waals surface area contributed by atoms with Crippen molar-refractivity contribution < 1.29 is 69.4 Å². The predicted octanol–water partition coefficient (Wildman–Crippen LogP) is -1.47. The maximum atomic E-state index is 13.5. The zero-order chi connectivity index (χ0) is 32.9. The van der Waals surface area contributed by atoms with Crippen molar-refractivity contribution in [2.24, 2.45) is 5.92 Å². The lowest BCUT2D eigenvalue weighted by Gasteiger charge is -2.47. The SMILES string of the molecule is C=C[C@H]1[C@H](O[C@@H]2O[C@H](CO)[C@@H](O)C(O)(O)[C@H]2O)OC=C(C(=O)OC2CCCCC2)[C@@]1(O)/C=C/C1=CC(C(=O)O)=CN(CCO)C1. The minimum Gasteiger partial charge on any atom is -0.478 e. The number of carboxylic acid groups (broad SMARTS) is 1. The zero-order valence-electron chi connectivity index (χ0n) is 24.6. The second-order valence-electron chi connectivity index (χ2n) is 11.5. The first kappa shape index (κ1) is 34.7. The number of aliphatic hydroxyl groups excluding tert-OH is 4. The lowest BCUT2D eigenvalue weighted by Crippen LogP contribution is -2.68. The van der Waals surface area contributed by atoms with E-state index < -0.39 is 66.7 Å². The Hall–Kier alpha value is -3.12. The van der Waals surface area contributed by atoms with Crippen LogP contribution in [-0.2, 0) is 28.5 Å². The topological polar surface area (TPSA) is 236 Å². The van der Waals surface area contributed by atoms with Crippen LogP contribution in [0.4, 0.5) is 0 Å². The molecule has 2 fully saturated rings. The molecule has 3 aliphatic heterocycles. The number of ether oxygens (including phenoxy) is 4. The van der Waals surface area contributed by atoms with Crippen LogP contribution in [0.5, 0.6) is 0 Å². The molecule has 7 atom stereocenters. The van der Waals surface area contributed by atoms with Gasteiger partial charge in [-0.25, -0.2) is 9.59 Å². The first-order valence-electron chi connectivity index (χ1n) is 14.7. The van der Waals surface area contributed by atoms with E-state index in [1.165, 1.54) is 30.5 Å². The van der Waals surface area contributed by atoms with Crippen LogP contribution in [0, 0.1) is 5.92 Å². The molecule has 15 heteroatoms. The van der Waals surface area contributed by atoms with Crippen molar-refractivity contribution in [1.82, 2.24) is 4.90 Å². The van der Waals surface area contributed by atoms with Crippen LogP contribution in [0.1, 0.15) is 32.1 Å². The highest BCUT2D eigenvalue weighted by atomic mass is 16.8. The second-order valence-corrected chi connectivity index (χ2v) is 11.5. The Morgan fingerprint density at radius 1 is 1.09 bits per heavy atom. The summed E-state index contributed by atoms with van der Waals surface area (Å²) >= 11 is 0. The van der Waals surface area contributed by atoms with Gasteiger partial charge in [-0.1, -0.05) is 18.6 Å². The molecule has 250 valence electrons. The summed E-state index contributed by atoms with van der Waals surface area (Å²) in [5.74, 6) is -6.60. The van der Waals surface area contributed by atoms with Crippen LogP contribution in [0.3, 0.4) is 0 Å². The average Bonchev–Trinajstić information content (AvgIpc) is 3.01. The molecule has 8 N–H and O–H groups in total. The normalized spacial score (nSPS) is 33.9.